The van der Waals surface area contributed by atoms with Crippen LogP contribution in [0.15, 0.2) is 41.0 Å². The summed E-state index contributed by atoms with van der Waals surface area (Å²) in [5.41, 5.74) is 0.744. The molecule has 22 heavy (non-hydrogen) atoms. The Morgan fingerprint density at radius 2 is 1.95 bits per heavy atom. The highest BCUT2D eigenvalue weighted by atomic mass is 16.5. The van der Waals surface area contributed by atoms with E-state index < -0.39 is 17.8 Å². The summed E-state index contributed by atoms with van der Waals surface area (Å²) in [5.74, 6) is -0.843. The fourth-order valence-corrected chi connectivity index (χ4v) is 2.33. The molecule has 0 unspecified atom stereocenters. The van der Waals surface area contributed by atoms with Crippen LogP contribution in [0.25, 0.3) is 0 Å². The first-order valence-corrected chi connectivity index (χ1v) is 6.81. The van der Waals surface area contributed by atoms with Crippen molar-refractivity contribution in [2.75, 3.05) is 6.61 Å². The molecule has 0 saturated carbocycles. The van der Waals surface area contributed by atoms with Crippen molar-refractivity contribution in [3.63, 3.8) is 0 Å². The standard InChI is InChI=1S/C16H13NO5/c1-2-21-16(20)10-5-6-12-13(8-10)15(19)17(14(12)18)9-11-4-3-7-22-11/h3-8H,2,9H2,1H3. The fraction of sp³-hybridized carbons (Fsp3) is 0.188. The number of fused-ring (bicyclic) bond motifs is 1. The molecule has 0 bridgehead atoms. The minimum atomic E-state index is -0.518. The summed E-state index contributed by atoms with van der Waals surface area (Å²) in [4.78, 5) is 37.5. The molecule has 0 atom stereocenters. The van der Waals surface area contributed by atoms with Crippen LogP contribution in [-0.4, -0.2) is 29.3 Å². The summed E-state index contributed by atoms with van der Waals surface area (Å²) < 4.78 is 10.1. The number of ether oxygens (including phenoxy) is 1. The zero-order valence-electron chi connectivity index (χ0n) is 11.9. The van der Waals surface area contributed by atoms with E-state index in [2.05, 4.69) is 0 Å². The predicted octanol–water partition coefficient (Wildman–Crippen LogP) is 2.25. The second-order valence-electron chi connectivity index (χ2n) is 4.76. The van der Waals surface area contributed by atoms with Gasteiger partial charge in [0.25, 0.3) is 11.8 Å². The van der Waals surface area contributed by atoms with E-state index in [1.807, 2.05) is 0 Å². The van der Waals surface area contributed by atoms with Crippen LogP contribution in [0, 0.1) is 0 Å². The van der Waals surface area contributed by atoms with E-state index in [1.165, 1.54) is 24.5 Å². The molecule has 2 heterocycles. The lowest BCUT2D eigenvalue weighted by Gasteiger charge is -2.11. The van der Waals surface area contributed by atoms with Gasteiger partial charge in [0.15, 0.2) is 0 Å². The second kappa shape index (κ2) is 5.48. The van der Waals surface area contributed by atoms with Gasteiger partial charge in [-0.25, -0.2) is 4.79 Å². The maximum absolute atomic E-state index is 12.4. The number of imide groups is 1. The third kappa shape index (κ3) is 2.28. The SMILES string of the molecule is CCOC(=O)c1ccc2c(c1)C(=O)N(Cc1ccco1)C2=O. The van der Waals surface area contributed by atoms with Crippen molar-refractivity contribution < 1.29 is 23.5 Å². The summed E-state index contributed by atoms with van der Waals surface area (Å²) in [5, 5.41) is 0. The van der Waals surface area contributed by atoms with E-state index in [9.17, 15) is 14.4 Å². The fourth-order valence-electron chi connectivity index (χ4n) is 2.33. The Bertz CT molecular complexity index is 748. The predicted molar refractivity (Wildman–Crippen MR) is 75.3 cm³/mol. The Morgan fingerprint density at radius 1 is 1.18 bits per heavy atom. The number of rotatable bonds is 4. The number of carbonyl (C=O) groups excluding carboxylic acids is 3. The average Bonchev–Trinajstić information content (AvgIpc) is 3.11. The number of hydrogen-bond donors (Lipinski definition) is 0. The van der Waals surface area contributed by atoms with Crippen LogP contribution < -0.4 is 0 Å². The smallest absolute Gasteiger partial charge is 0.338 e. The van der Waals surface area contributed by atoms with Crippen LogP contribution in [0.3, 0.4) is 0 Å². The van der Waals surface area contributed by atoms with Crippen molar-refractivity contribution in [2.24, 2.45) is 0 Å². The average molecular weight is 299 g/mol. The molecule has 1 aromatic heterocycles. The lowest BCUT2D eigenvalue weighted by atomic mass is 10.1. The van der Waals surface area contributed by atoms with Gasteiger partial charge in [-0.3, -0.25) is 14.5 Å². The lowest BCUT2D eigenvalue weighted by molar-refractivity contribution is 0.0525. The Hall–Kier alpha value is -2.89. The van der Waals surface area contributed by atoms with Gasteiger partial charge in [0.1, 0.15) is 5.76 Å². The van der Waals surface area contributed by atoms with Crippen LogP contribution in [0.5, 0.6) is 0 Å². The maximum atomic E-state index is 12.4. The number of esters is 1. The van der Waals surface area contributed by atoms with Gasteiger partial charge in [-0.1, -0.05) is 0 Å². The molecule has 6 heteroatoms. The molecule has 2 aromatic rings. The van der Waals surface area contributed by atoms with Gasteiger partial charge in [0.2, 0.25) is 0 Å². The van der Waals surface area contributed by atoms with Gasteiger partial charge in [-0.05, 0) is 37.3 Å². The molecule has 0 N–H and O–H groups in total. The molecule has 0 spiro atoms. The monoisotopic (exact) mass is 299 g/mol. The summed E-state index contributed by atoms with van der Waals surface area (Å²) >= 11 is 0. The lowest BCUT2D eigenvalue weighted by Crippen LogP contribution is -2.28. The summed E-state index contributed by atoms with van der Waals surface area (Å²) in [6, 6.07) is 7.73. The van der Waals surface area contributed by atoms with Gasteiger partial charge in [0.05, 0.1) is 36.1 Å². The highest BCUT2D eigenvalue weighted by Crippen LogP contribution is 2.26. The van der Waals surface area contributed by atoms with Crippen molar-refractivity contribution in [3.05, 3.63) is 59.0 Å². The molecule has 3 rings (SSSR count). The summed E-state index contributed by atoms with van der Waals surface area (Å²) in [7, 11) is 0. The summed E-state index contributed by atoms with van der Waals surface area (Å²) in [6.07, 6.45) is 1.48. The minimum Gasteiger partial charge on any atom is -0.467 e. The van der Waals surface area contributed by atoms with Crippen molar-refractivity contribution >= 4 is 17.8 Å². The van der Waals surface area contributed by atoms with Crippen molar-refractivity contribution in [1.82, 2.24) is 4.90 Å². The van der Waals surface area contributed by atoms with E-state index in [1.54, 1.807) is 19.1 Å². The molecule has 0 aliphatic carbocycles. The molecule has 0 saturated heterocycles. The first-order chi connectivity index (χ1) is 10.6. The van der Waals surface area contributed by atoms with E-state index in [0.717, 1.165) is 4.90 Å². The molecule has 2 amide bonds. The first kappa shape index (κ1) is 14.1. The highest BCUT2D eigenvalue weighted by molar-refractivity contribution is 6.21. The number of nitrogens with zero attached hydrogens (tertiary/aromatic N) is 1. The first-order valence-electron chi connectivity index (χ1n) is 6.81. The molecule has 0 fully saturated rings. The van der Waals surface area contributed by atoms with Gasteiger partial charge < -0.3 is 9.15 Å². The van der Waals surface area contributed by atoms with Crippen LogP contribution in [-0.2, 0) is 11.3 Å². The molecular weight excluding hydrogens is 286 g/mol. The van der Waals surface area contributed by atoms with Gasteiger partial charge in [-0.15, -0.1) is 0 Å². The largest absolute Gasteiger partial charge is 0.467 e. The Kier molecular flexibility index (Phi) is 3.50. The van der Waals surface area contributed by atoms with E-state index >= 15 is 0 Å². The molecule has 1 aliphatic rings. The number of carbonyl (C=O) groups is 3. The van der Waals surface area contributed by atoms with Crippen LogP contribution >= 0.6 is 0 Å². The second-order valence-corrected chi connectivity index (χ2v) is 4.76. The molecule has 1 aliphatic heterocycles. The van der Waals surface area contributed by atoms with Crippen molar-refractivity contribution in [1.29, 1.82) is 0 Å². The molecular formula is C16H13NO5. The highest BCUT2D eigenvalue weighted by Gasteiger charge is 2.36. The zero-order chi connectivity index (χ0) is 15.7. The van der Waals surface area contributed by atoms with Gasteiger partial charge in [-0.2, -0.15) is 0 Å². The van der Waals surface area contributed by atoms with E-state index in [0.29, 0.717) is 5.76 Å². The van der Waals surface area contributed by atoms with E-state index in [-0.39, 0.29) is 29.8 Å². The van der Waals surface area contributed by atoms with Crippen LogP contribution in [0.4, 0.5) is 0 Å². The molecule has 0 radical (unpaired) electrons. The molecule has 1 aromatic carbocycles. The number of furan rings is 1. The zero-order valence-corrected chi connectivity index (χ0v) is 11.9. The maximum Gasteiger partial charge on any atom is 0.338 e. The number of hydrogen-bond acceptors (Lipinski definition) is 5. The van der Waals surface area contributed by atoms with Crippen LogP contribution in [0.2, 0.25) is 0 Å². The number of amides is 2. The quantitative estimate of drug-likeness (QED) is 0.639. The summed E-state index contributed by atoms with van der Waals surface area (Å²) in [6.45, 7) is 2.01. The molecule has 112 valence electrons. The van der Waals surface area contributed by atoms with Crippen molar-refractivity contribution in [3.8, 4) is 0 Å². The van der Waals surface area contributed by atoms with Gasteiger partial charge >= 0.3 is 5.97 Å². The van der Waals surface area contributed by atoms with Crippen LogP contribution in [0.1, 0.15) is 43.8 Å². The molecule has 6 nitrogen and oxygen atoms in total. The third-order valence-corrected chi connectivity index (χ3v) is 3.38. The number of benzene rings is 1. The van der Waals surface area contributed by atoms with Gasteiger partial charge in [0, 0.05) is 0 Å². The van der Waals surface area contributed by atoms with E-state index in [4.69, 9.17) is 9.15 Å². The normalized spacial score (nSPS) is 13.4. The Balaban J connectivity index is 1.90. The van der Waals surface area contributed by atoms with Crippen molar-refractivity contribution in [2.45, 2.75) is 13.5 Å². The third-order valence-electron chi connectivity index (χ3n) is 3.38. The minimum absolute atomic E-state index is 0.0636. The Morgan fingerprint density at radius 3 is 2.64 bits per heavy atom. The topological polar surface area (TPSA) is 76.8 Å². The Labute approximate surface area is 126 Å².